The predicted octanol–water partition coefficient (Wildman–Crippen LogP) is -0.992. The molecule has 0 spiro atoms. The number of nitrogens with zero attached hydrogens (tertiary/aromatic N) is 1. The Hall–Kier alpha value is -2.05. The third-order valence-corrected chi connectivity index (χ3v) is 1.51. The van der Waals surface area contributed by atoms with Crippen molar-refractivity contribution in [2.45, 2.75) is 13.8 Å². The van der Waals surface area contributed by atoms with E-state index in [-0.39, 0.29) is 10.3 Å². The number of ether oxygens (including phenoxy) is 1. The highest BCUT2D eigenvalue weighted by molar-refractivity contribution is 5.69. The number of H-pyrrole nitrogens is 1. The Bertz CT molecular complexity index is 450. The van der Waals surface area contributed by atoms with Gasteiger partial charge < -0.3 is 9.94 Å². The van der Waals surface area contributed by atoms with Gasteiger partial charge in [0.2, 0.25) is 5.88 Å². The van der Waals surface area contributed by atoms with Gasteiger partial charge in [-0.05, 0) is 6.92 Å². The summed E-state index contributed by atoms with van der Waals surface area (Å²) >= 11 is 0. The van der Waals surface area contributed by atoms with Gasteiger partial charge in [-0.1, -0.05) is 4.73 Å². The van der Waals surface area contributed by atoms with E-state index in [1.807, 2.05) is 4.98 Å². The summed E-state index contributed by atoms with van der Waals surface area (Å²) in [4.78, 5) is 34.3. The van der Waals surface area contributed by atoms with Gasteiger partial charge >= 0.3 is 11.7 Å². The Balaban J connectivity index is 3.47. The minimum atomic E-state index is -1.06. The zero-order chi connectivity index (χ0) is 10.9. The van der Waals surface area contributed by atoms with E-state index in [1.165, 1.54) is 6.92 Å². The standard InChI is InChI=1S/C7H8N2O5/c1-3-5(11)8-7(12)9(13)6(3)14-4(2)10/h13H,1-2H3,(H,8,11,12). The summed E-state index contributed by atoms with van der Waals surface area (Å²) in [5, 5.41) is 9.11. The average Bonchev–Trinajstić information content (AvgIpc) is 2.09. The van der Waals surface area contributed by atoms with Crippen LogP contribution in [0.2, 0.25) is 0 Å². The summed E-state index contributed by atoms with van der Waals surface area (Å²) in [6.45, 7) is 2.40. The predicted molar refractivity (Wildman–Crippen MR) is 44.6 cm³/mol. The van der Waals surface area contributed by atoms with E-state index in [0.717, 1.165) is 6.92 Å². The van der Waals surface area contributed by atoms with Gasteiger partial charge in [-0.3, -0.25) is 14.6 Å². The van der Waals surface area contributed by atoms with Gasteiger partial charge in [-0.25, -0.2) is 4.79 Å². The van der Waals surface area contributed by atoms with Crippen LogP contribution in [0.3, 0.4) is 0 Å². The van der Waals surface area contributed by atoms with E-state index < -0.39 is 23.1 Å². The molecule has 0 fully saturated rings. The van der Waals surface area contributed by atoms with Crippen LogP contribution in [0.1, 0.15) is 12.5 Å². The highest BCUT2D eigenvalue weighted by Crippen LogP contribution is 2.08. The van der Waals surface area contributed by atoms with Gasteiger partial charge in [-0.2, -0.15) is 0 Å². The van der Waals surface area contributed by atoms with E-state index in [0.29, 0.717) is 0 Å². The third kappa shape index (κ3) is 1.65. The van der Waals surface area contributed by atoms with Crippen molar-refractivity contribution in [3.05, 3.63) is 26.4 Å². The quantitative estimate of drug-likeness (QED) is 0.447. The fourth-order valence-corrected chi connectivity index (χ4v) is 0.848. The highest BCUT2D eigenvalue weighted by atomic mass is 16.6. The molecule has 0 aliphatic carbocycles. The van der Waals surface area contributed by atoms with E-state index in [4.69, 9.17) is 5.21 Å². The number of carbonyl (C=O) groups is 1. The van der Waals surface area contributed by atoms with Gasteiger partial charge in [0.1, 0.15) is 0 Å². The first kappa shape index (κ1) is 10.0. The van der Waals surface area contributed by atoms with E-state index in [1.54, 1.807) is 0 Å². The Labute approximate surface area is 77.5 Å². The molecule has 7 heteroatoms. The van der Waals surface area contributed by atoms with Crippen LogP contribution in [-0.4, -0.2) is 20.9 Å². The van der Waals surface area contributed by atoms with Crippen LogP contribution in [0.15, 0.2) is 9.59 Å². The molecule has 7 nitrogen and oxygen atoms in total. The molecule has 76 valence electrons. The first-order valence-corrected chi connectivity index (χ1v) is 3.67. The first-order chi connectivity index (χ1) is 6.43. The van der Waals surface area contributed by atoms with Crippen molar-refractivity contribution >= 4 is 5.97 Å². The number of aromatic nitrogens is 2. The molecule has 0 saturated carbocycles. The van der Waals surface area contributed by atoms with Crippen molar-refractivity contribution in [1.29, 1.82) is 0 Å². The average molecular weight is 200 g/mol. The minimum Gasteiger partial charge on any atom is -0.421 e. The van der Waals surface area contributed by atoms with E-state index in [9.17, 15) is 14.4 Å². The lowest BCUT2D eigenvalue weighted by molar-refractivity contribution is -0.133. The van der Waals surface area contributed by atoms with Gasteiger partial charge in [-0.15, -0.1) is 0 Å². The van der Waals surface area contributed by atoms with Crippen LogP contribution in [0.5, 0.6) is 5.88 Å². The maximum Gasteiger partial charge on any atom is 0.364 e. The lowest BCUT2D eigenvalue weighted by Gasteiger charge is -2.06. The summed E-state index contributed by atoms with van der Waals surface area (Å²) in [6.07, 6.45) is 0. The fraction of sp³-hybridized carbons (Fsp3) is 0.286. The van der Waals surface area contributed by atoms with E-state index in [2.05, 4.69) is 4.74 Å². The minimum absolute atomic E-state index is 0.0534. The van der Waals surface area contributed by atoms with Crippen LogP contribution in [0.25, 0.3) is 0 Å². The molecule has 1 heterocycles. The SMILES string of the molecule is CC(=O)Oc1c(C)c(=O)[nH]c(=O)n1O. The number of hydrogen-bond donors (Lipinski definition) is 2. The Morgan fingerprint density at radius 3 is 2.57 bits per heavy atom. The summed E-state index contributed by atoms with van der Waals surface area (Å²) < 4.78 is 4.56. The molecular formula is C7H8N2O5. The summed E-state index contributed by atoms with van der Waals surface area (Å²) in [6, 6.07) is 0. The van der Waals surface area contributed by atoms with Gasteiger partial charge in [0.25, 0.3) is 5.56 Å². The maximum absolute atomic E-state index is 11.0. The van der Waals surface area contributed by atoms with Crippen LogP contribution < -0.4 is 16.0 Å². The van der Waals surface area contributed by atoms with Crippen molar-refractivity contribution < 1.29 is 14.7 Å². The summed E-state index contributed by atoms with van der Waals surface area (Å²) in [7, 11) is 0. The number of rotatable bonds is 1. The molecule has 0 saturated heterocycles. The Morgan fingerprint density at radius 1 is 1.50 bits per heavy atom. The van der Waals surface area contributed by atoms with Gasteiger partial charge in [0.15, 0.2) is 0 Å². The molecule has 0 bridgehead atoms. The number of hydrogen-bond acceptors (Lipinski definition) is 5. The molecule has 2 N–H and O–H groups in total. The fourth-order valence-electron chi connectivity index (χ4n) is 0.848. The van der Waals surface area contributed by atoms with E-state index >= 15 is 0 Å². The zero-order valence-corrected chi connectivity index (χ0v) is 7.53. The number of aromatic amines is 1. The van der Waals surface area contributed by atoms with Gasteiger partial charge in [0, 0.05) is 6.92 Å². The molecule has 14 heavy (non-hydrogen) atoms. The molecule has 1 aromatic rings. The summed E-state index contributed by atoms with van der Waals surface area (Å²) in [5.41, 5.74) is -1.82. The monoisotopic (exact) mass is 200 g/mol. The molecular weight excluding hydrogens is 192 g/mol. The number of carbonyl (C=O) groups excluding carboxylic acids is 1. The Kier molecular flexibility index (Phi) is 2.41. The van der Waals surface area contributed by atoms with Crippen molar-refractivity contribution in [1.82, 2.24) is 9.71 Å². The second-order valence-electron chi connectivity index (χ2n) is 2.59. The molecule has 0 amide bonds. The number of nitrogens with one attached hydrogen (secondary N) is 1. The lowest BCUT2D eigenvalue weighted by Crippen LogP contribution is -2.32. The van der Waals surface area contributed by atoms with Crippen molar-refractivity contribution in [3.63, 3.8) is 0 Å². The summed E-state index contributed by atoms with van der Waals surface area (Å²) in [5.74, 6) is -1.20. The largest absolute Gasteiger partial charge is 0.421 e. The normalized spacial score (nSPS) is 9.86. The molecule has 0 atom stereocenters. The van der Waals surface area contributed by atoms with Crippen LogP contribution in [0.4, 0.5) is 0 Å². The second-order valence-corrected chi connectivity index (χ2v) is 2.59. The van der Waals surface area contributed by atoms with Crippen molar-refractivity contribution in [2.75, 3.05) is 0 Å². The van der Waals surface area contributed by atoms with Crippen LogP contribution in [0, 0.1) is 6.92 Å². The molecule has 0 aliphatic heterocycles. The topological polar surface area (TPSA) is 101 Å². The smallest absolute Gasteiger partial charge is 0.364 e. The number of esters is 1. The molecule has 1 aromatic heterocycles. The van der Waals surface area contributed by atoms with Gasteiger partial charge in [0.05, 0.1) is 5.56 Å². The van der Waals surface area contributed by atoms with Crippen molar-refractivity contribution in [3.8, 4) is 5.88 Å². The highest BCUT2D eigenvalue weighted by Gasteiger charge is 2.13. The van der Waals surface area contributed by atoms with Crippen LogP contribution in [-0.2, 0) is 4.79 Å². The molecule has 0 aromatic carbocycles. The first-order valence-electron chi connectivity index (χ1n) is 3.67. The Morgan fingerprint density at radius 2 is 2.07 bits per heavy atom. The molecule has 0 unspecified atom stereocenters. The zero-order valence-electron chi connectivity index (χ0n) is 7.53. The maximum atomic E-state index is 11.0. The molecule has 0 aliphatic rings. The lowest BCUT2D eigenvalue weighted by atomic mass is 10.4. The molecule has 0 radical (unpaired) electrons. The molecule has 1 rings (SSSR count). The second kappa shape index (κ2) is 3.36. The third-order valence-electron chi connectivity index (χ3n) is 1.51. The van der Waals surface area contributed by atoms with Crippen LogP contribution >= 0.6 is 0 Å². The van der Waals surface area contributed by atoms with Crippen molar-refractivity contribution in [2.24, 2.45) is 0 Å².